The summed E-state index contributed by atoms with van der Waals surface area (Å²) in [6.07, 6.45) is 1.07. The van der Waals surface area contributed by atoms with E-state index in [-0.39, 0.29) is 5.13 Å². The van der Waals surface area contributed by atoms with Crippen LogP contribution in [0.3, 0.4) is 0 Å². The van der Waals surface area contributed by atoms with Crippen molar-refractivity contribution in [3.63, 3.8) is 0 Å². The molecule has 0 saturated carbocycles. The maximum Gasteiger partial charge on any atom is 0.267 e. The van der Waals surface area contributed by atoms with Gasteiger partial charge >= 0.3 is 0 Å². The first-order chi connectivity index (χ1) is 10.6. The maximum atomic E-state index is 12.3. The van der Waals surface area contributed by atoms with E-state index in [2.05, 4.69) is 10.3 Å². The third-order valence-electron chi connectivity index (χ3n) is 2.94. The van der Waals surface area contributed by atoms with Crippen LogP contribution in [-0.4, -0.2) is 32.6 Å². The number of anilines is 2. The van der Waals surface area contributed by atoms with Crippen LogP contribution in [0.2, 0.25) is 10.0 Å². The predicted octanol–water partition coefficient (Wildman–Crippen LogP) is 3.41. The molecule has 0 unspecified atom stereocenters. The number of carbonyl (C=O) groups is 1. The number of hydrogen-bond acceptors (Lipinski definition) is 5. The topological polar surface area (TPSA) is 79.4 Å². The number of halogens is 2. The second kappa shape index (κ2) is 6.64. The highest BCUT2D eigenvalue weighted by atomic mass is 35.5. The van der Waals surface area contributed by atoms with E-state index in [1.54, 1.807) is 19.1 Å². The Bertz CT molecular complexity index is 865. The lowest BCUT2D eigenvalue weighted by Crippen LogP contribution is -2.24. The lowest BCUT2D eigenvalue weighted by molar-refractivity contribution is 0.103. The Morgan fingerprint density at radius 2 is 1.96 bits per heavy atom. The Balaban J connectivity index is 2.26. The summed E-state index contributed by atoms with van der Waals surface area (Å²) in [5.74, 6) is -0.397. The van der Waals surface area contributed by atoms with Crippen molar-refractivity contribution in [1.29, 1.82) is 0 Å². The van der Waals surface area contributed by atoms with E-state index in [0.717, 1.165) is 21.9 Å². The quantitative estimate of drug-likeness (QED) is 0.862. The van der Waals surface area contributed by atoms with Gasteiger partial charge in [0.2, 0.25) is 10.0 Å². The molecule has 0 saturated heterocycles. The molecule has 0 aliphatic rings. The van der Waals surface area contributed by atoms with Crippen molar-refractivity contribution in [2.45, 2.75) is 6.92 Å². The van der Waals surface area contributed by atoms with E-state index >= 15 is 0 Å². The molecule has 6 nitrogen and oxygen atoms in total. The number of carbonyl (C=O) groups excluding carboxylic acids is 1. The number of sulfonamides is 1. The molecule has 1 heterocycles. The molecule has 0 fully saturated rings. The second-order valence-electron chi connectivity index (χ2n) is 4.72. The molecule has 124 valence electrons. The van der Waals surface area contributed by atoms with Gasteiger partial charge in [0.15, 0.2) is 5.13 Å². The Hall–Kier alpha value is -1.35. The first-order valence-electron chi connectivity index (χ1n) is 6.27. The monoisotopic (exact) mass is 393 g/mol. The second-order valence-corrected chi connectivity index (χ2v) is 8.53. The largest absolute Gasteiger partial charge is 0.321 e. The number of aromatic nitrogens is 1. The molecule has 2 rings (SSSR count). The predicted molar refractivity (Wildman–Crippen MR) is 94.5 cm³/mol. The molecule has 0 bridgehead atoms. The molecule has 0 aliphatic heterocycles. The molecular formula is C13H13Cl2N3O3S2. The summed E-state index contributed by atoms with van der Waals surface area (Å²) >= 11 is 12.7. The van der Waals surface area contributed by atoms with Gasteiger partial charge in [-0.15, -0.1) is 0 Å². The van der Waals surface area contributed by atoms with Crippen LogP contribution in [0.5, 0.6) is 0 Å². The van der Waals surface area contributed by atoms with Gasteiger partial charge < -0.3 is 5.32 Å². The first kappa shape index (κ1) is 18.0. The van der Waals surface area contributed by atoms with Gasteiger partial charge in [0, 0.05) is 12.7 Å². The van der Waals surface area contributed by atoms with Crippen LogP contribution in [0, 0.1) is 6.92 Å². The number of nitrogens with zero attached hydrogens (tertiary/aromatic N) is 2. The molecule has 2 aromatic rings. The van der Waals surface area contributed by atoms with Crippen LogP contribution >= 0.6 is 34.5 Å². The molecule has 0 radical (unpaired) electrons. The van der Waals surface area contributed by atoms with Gasteiger partial charge in [-0.2, -0.15) is 0 Å². The minimum absolute atomic E-state index is 0.226. The number of hydrogen-bond donors (Lipinski definition) is 1. The van der Waals surface area contributed by atoms with E-state index < -0.39 is 15.9 Å². The zero-order valence-corrected chi connectivity index (χ0v) is 15.6. The highest BCUT2D eigenvalue weighted by Crippen LogP contribution is 2.29. The molecule has 1 amide bonds. The van der Waals surface area contributed by atoms with E-state index in [4.69, 9.17) is 23.2 Å². The number of amides is 1. The first-order valence-corrected chi connectivity index (χ1v) is 9.69. The van der Waals surface area contributed by atoms with E-state index in [1.165, 1.54) is 13.1 Å². The summed E-state index contributed by atoms with van der Waals surface area (Å²) in [6.45, 7) is 1.64. The average molecular weight is 394 g/mol. The number of benzene rings is 1. The van der Waals surface area contributed by atoms with Crippen molar-refractivity contribution in [3.05, 3.63) is 38.8 Å². The molecule has 1 aromatic carbocycles. The van der Waals surface area contributed by atoms with Crippen molar-refractivity contribution in [2.24, 2.45) is 0 Å². The molecule has 1 aromatic heterocycles. The third kappa shape index (κ3) is 4.14. The van der Waals surface area contributed by atoms with E-state index in [0.29, 0.717) is 26.3 Å². The van der Waals surface area contributed by atoms with Gasteiger partial charge in [-0.25, -0.2) is 17.7 Å². The Morgan fingerprint density at radius 1 is 1.30 bits per heavy atom. The normalized spacial score (nSPS) is 11.3. The third-order valence-corrected chi connectivity index (χ3v) is 6.19. The molecule has 23 heavy (non-hydrogen) atoms. The Labute approximate surface area is 148 Å². The van der Waals surface area contributed by atoms with E-state index in [9.17, 15) is 13.2 Å². The van der Waals surface area contributed by atoms with Crippen molar-refractivity contribution in [2.75, 3.05) is 22.9 Å². The standard InChI is InChI=1S/C13H13Cl2N3O3S2/c1-7-11(22-13(16-7)18(2)23(3,20)21)12(19)17-8-4-5-9(14)10(15)6-8/h4-6H,1-3H3,(H,17,19). The molecule has 0 atom stereocenters. The van der Waals surface area contributed by atoms with Crippen molar-refractivity contribution < 1.29 is 13.2 Å². The lowest BCUT2D eigenvalue weighted by atomic mass is 10.3. The zero-order chi connectivity index (χ0) is 17.4. The number of nitrogens with one attached hydrogen (secondary N) is 1. The number of thiazole rings is 1. The summed E-state index contributed by atoms with van der Waals surface area (Å²) in [5, 5.41) is 3.61. The Kier molecular flexibility index (Phi) is 5.20. The van der Waals surface area contributed by atoms with Crippen LogP contribution in [0.1, 0.15) is 15.4 Å². The summed E-state index contributed by atoms with van der Waals surface area (Å²) < 4.78 is 24.1. The van der Waals surface area contributed by atoms with Crippen LogP contribution < -0.4 is 9.62 Å². The van der Waals surface area contributed by atoms with Gasteiger partial charge in [0.1, 0.15) is 4.88 Å². The summed E-state index contributed by atoms with van der Waals surface area (Å²) in [7, 11) is -2.05. The van der Waals surface area contributed by atoms with E-state index in [1.807, 2.05) is 0 Å². The van der Waals surface area contributed by atoms with Gasteiger partial charge in [0.05, 0.1) is 22.0 Å². The zero-order valence-electron chi connectivity index (χ0n) is 12.4. The van der Waals surface area contributed by atoms with Gasteiger partial charge in [-0.05, 0) is 25.1 Å². The molecule has 0 spiro atoms. The summed E-state index contributed by atoms with van der Waals surface area (Å²) in [4.78, 5) is 16.8. The fraction of sp³-hybridized carbons (Fsp3) is 0.231. The molecular weight excluding hydrogens is 381 g/mol. The SMILES string of the molecule is Cc1nc(N(C)S(C)(=O)=O)sc1C(=O)Nc1ccc(Cl)c(Cl)c1. The fourth-order valence-corrected chi connectivity index (χ4v) is 3.60. The fourth-order valence-electron chi connectivity index (χ4n) is 1.63. The summed E-state index contributed by atoms with van der Waals surface area (Å²) in [5.41, 5.74) is 0.924. The Morgan fingerprint density at radius 3 is 2.52 bits per heavy atom. The smallest absolute Gasteiger partial charge is 0.267 e. The van der Waals surface area contributed by atoms with Crippen LogP contribution in [0.4, 0.5) is 10.8 Å². The number of rotatable bonds is 4. The minimum Gasteiger partial charge on any atom is -0.321 e. The molecule has 0 aliphatic carbocycles. The number of aryl methyl sites for hydroxylation is 1. The van der Waals surface area contributed by atoms with Gasteiger partial charge in [-0.1, -0.05) is 34.5 Å². The van der Waals surface area contributed by atoms with Crippen molar-refractivity contribution >= 4 is 61.3 Å². The highest BCUT2D eigenvalue weighted by Gasteiger charge is 2.21. The lowest BCUT2D eigenvalue weighted by Gasteiger charge is -2.11. The van der Waals surface area contributed by atoms with Crippen molar-refractivity contribution in [3.8, 4) is 0 Å². The molecule has 1 N–H and O–H groups in total. The average Bonchev–Trinajstić information content (AvgIpc) is 2.83. The highest BCUT2D eigenvalue weighted by molar-refractivity contribution is 7.92. The van der Waals surface area contributed by atoms with Crippen LogP contribution in [0.25, 0.3) is 0 Å². The molecule has 10 heteroatoms. The van der Waals surface area contributed by atoms with Crippen LogP contribution in [-0.2, 0) is 10.0 Å². The summed E-state index contributed by atoms with van der Waals surface area (Å²) in [6, 6.07) is 4.72. The van der Waals surface area contributed by atoms with Gasteiger partial charge in [0.25, 0.3) is 5.91 Å². The van der Waals surface area contributed by atoms with Gasteiger partial charge in [-0.3, -0.25) is 4.79 Å². The minimum atomic E-state index is -3.44. The maximum absolute atomic E-state index is 12.3. The van der Waals surface area contributed by atoms with Crippen molar-refractivity contribution in [1.82, 2.24) is 4.98 Å². The van der Waals surface area contributed by atoms with Crippen LogP contribution in [0.15, 0.2) is 18.2 Å².